The maximum absolute atomic E-state index is 9.26. The second-order valence-corrected chi connectivity index (χ2v) is 5.60. The van der Waals surface area contributed by atoms with Crippen LogP contribution in [0.15, 0.2) is 46.9 Å². The molecule has 0 saturated heterocycles. The minimum atomic E-state index is 0.525. The first-order chi connectivity index (χ1) is 9.10. The fourth-order valence-electron chi connectivity index (χ4n) is 1.58. The van der Waals surface area contributed by atoms with E-state index in [9.17, 15) is 5.26 Å². The second kappa shape index (κ2) is 6.25. The first-order valence-electron chi connectivity index (χ1n) is 5.43. The van der Waals surface area contributed by atoms with Crippen molar-refractivity contribution < 1.29 is 0 Å². The van der Waals surface area contributed by atoms with Crippen molar-refractivity contribution in [1.29, 1.82) is 5.26 Å². The molecule has 2 aromatic carbocycles. The summed E-state index contributed by atoms with van der Waals surface area (Å²) in [6, 6.07) is 14.9. The molecule has 0 aliphatic rings. The smallest absolute Gasteiger partial charge is 0.0998 e. The first kappa shape index (κ1) is 14.1. The fraction of sp³-hybridized carbons (Fsp3) is 0. The lowest BCUT2D eigenvalue weighted by Crippen LogP contribution is -1.83. The minimum Gasteiger partial charge on any atom is -0.192 e. The largest absolute Gasteiger partial charge is 0.192 e. The highest BCUT2D eigenvalue weighted by molar-refractivity contribution is 9.10. The van der Waals surface area contributed by atoms with Gasteiger partial charge in [0.05, 0.1) is 11.6 Å². The average molecular weight is 353 g/mol. The van der Waals surface area contributed by atoms with Crippen molar-refractivity contribution in [2.24, 2.45) is 0 Å². The maximum atomic E-state index is 9.26. The summed E-state index contributed by atoms with van der Waals surface area (Å²) >= 11 is 15.3. The third-order valence-electron chi connectivity index (χ3n) is 2.54. The van der Waals surface area contributed by atoms with E-state index in [2.05, 4.69) is 22.0 Å². The standard InChI is InChI=1S/C15H8BrCl2N/c16-13-4-1-10(2-5-13)12(9-19)7-11-3-6-14(17)8-15(11)18/h1-8H. The van der Waals surface area contributed by atoms with Crippen LogP contribution in [0.3, 0.4) is 0 Å². The van der Waals surface area contributed by atoms with Crippen LogP contribution in [-0.2, 0) is 0 Å². The van der Waals surface area contributed by atoms with E-state index in [4.69, 9.17) is 23.2 Å². The highest BCUT2D eigenvalue weighted by Gasteiger charge is 2.04. The minimum absolute atomic E-state index is 0.525. The summed E-state index contributed by atoms with van der Waals surface area (Å²) in [4.78, 5) is 0. The molecule has 0 aliphatic heterocycles. The molecule has 0 bridgehead atoms. The van der Waals surface area contributed by atoms with E-state index >= 15 is 0 Å². The first-order valence-corrected chi connectivity index (χ1v) is 6.98. The monoisotopic (exact) mass is 351 g/mol. The molecule has 0 aromatic heterocycles. The molecule has 1 nitrogen and oxygen atoms in total. The molecule has 0 radical (unpaired) electrons. The van der Waals surface area contributed by atoms with E-state index in [1.54, 1.807) is 24.3 Å². The molecule has 0 N–H and O–H groups in total. The SMILES string of the molecule is N#CC(=Cc1ccc(Cl)cc1Cl)c1ccc(Br)cc1. The van der Waals surface area contributed by atoms with Crippen LogP contribution in [0.5, 0.6) is 0 Å². The van der Waals surface area contributed by atoms with E-state index in [1.165, 1.54) is 0 Å². The summed E-state index contributed by atoms with van der Waals surface area (Å²) in [5, 5.41) is 10.4. The van der Waals surface area contributed by atoms with Gasteiger partial charge >= 0.3 is 0 Å². The number of allylic oxidation sites excluding steroid dienone is 1. The molecule has 0 fully saturated rings. The Morgan fingerprint density at radius 1 is 1.11 bits per heavy atom. The van der Waals surface area contributed by atoms with Gasteiger partial charge in [-0.25, -0.2) is 0 Å². The summed E-state index contributed by atoms with van der Waals surface area (Å²) in [6.07, 6.45) is 1.75. The van der Waals surface area contributed by atoms with Crippen LogP contribution in [-0.4, -0.2) is 0 Å². The average Bonchev–Trinajstić information content (AvgIpc) is 2.39. The van der Waals surface area contributed by atoms with Crippen molar-refractivity contribution in [3.05, 3.63) is 68.1 Å². The number of nitrogens with zero attached hydrogens (tertiary/aromatic N) is 1. The third-order valence-corrected chi connectivity index (χ3v) is 3.63. The molecule has 2 aromatic rings. The van der Waals surface area contributed by atoms with Gasteiger partial charge in [-0.15, -0.1) is 0 Å². The van der Waals surface area contributed by atoms with Crippen molar-refractivity contribution in [2.45, 2.75) is 0 Å². The number of halogens is 3. The Morgan fingerprint density at radius 2 is 1.79 bits per heavy atom. The second-order valence-electron chi connectivity index (χ2n) is 3.84. The lowest BCUT2D eigenvalue weighted by atomic mass is 10.0. The highest BCUT2D eigenvalue weighted by atomic mass is 79.9. The summed E-state index contributed by atoms with van der Waals surface area (Å²) in [5.74, 6) is 0. The molecule has 0 amide bonds. The van der Waals surface area contributed by atoms with Crippen molar-refractivity contribution >= 4 is 50.8 Å². The van der Waals surface area contributed by atoms with Crippen LogP contribution in [0.1, 0.15) is 11.1 Å². The Labute approximate surface area is 130 Å². The molecule has 0 atom stereocenters. The molecular formula is C15H8BrCl2N. The molecule has 4 heteroatoms. The van der Waals surface area contributed by atoms with Crippen molar-refractivity contribution in [3.63, 3.8) is 0 Å². The van der Waals surface area contributed by atoms with Crippen LogP contribution in [0, 0.1) is 11.3 Å². The molecule has 0 spiro atoms. The van der Waals surface area contributed by atoms with E-state index in [-0.39, 0.29) is 0 Å². The Hall–Kier alpha value is -1.27. The Balaban J connectivity index is 2.44. The maximum Gasteiger partial charge on any atom is 0.0998 e. The molecule has 19 heavy (non-hydrogen) atoms. The van der Waals surface area contributed by atoms with Crippen molar-refractivity contribution in [2.75, 3.05) is 0 Å². The third kappa shape index (κ3) is 3.61. The summed E-state index contributed by atoms with van der Waals surface area (Å²) < 4.78 is 0.970. The number of hydrogen-bond acceptors (Lipinski definition) is 1. The zero-order valence-electron chi connectivity index (χ0n) is 9.70. The molecule has 0 aliphatic carbocycles. The predicted molar refractivity (Wildman–Crippen MR) is 84.1 cm³/mol. The molecule has 0 heterocycles. The molecule has 2 rings (SSSR count). The number of hydrogen-bond donors (Lipinski definition) is 0. The lowest BCUT2D eigenvalue weighted by molar-refractivity contribution is 1.52. The van der Waals surface area contributed by atoms with Gasteiger partial charge in [-0.2, -0.15) is 5.26 Å². The van der Waals surface area contributed by atoms with E-state index in [0.717, 1.165) is 15.6 Å². The van der Waals surface area contributed by atoms with Crippen molar-refractivity contribution in [3.8, 4) is 6.07 Å². The van der Waals surface area contributed by atoms with Gasteiger partial charge in [-0.1, -0.05) is 57.3 Å². The number of rotatable bonds is 2. The van der Waals surface area contributed by atoms with Gasteiger partial charge in [0.15, 0.2) is 0 Å². The number of nitriles is 1. The van der Waals surface area contributed by atoms with E-state index < -0.39 is 0 Å². The van der Waals surface area contributed by atoms with E-state index in [0.29, 0.717) is 15.6 Å². The summed E-state index contributed by atoms with van der Waals surface area (Å²) in [5.41, 5.74) is 2.17. The molecular weight excluding hydrogens is 345 g/mol. The normalized spacial score (nSPS) is 11.2. The Kier molecular flexibility index (Phi) is 4.66. The predicted octanol–water partition coefficient (Wildman–Crippen LogP) is 5.82. The quantitative estimate of drug-likeness (QED) is 0.493. The molecule has 0 saturated carbocycles. The number of benzene rings is 2. The van der Waals surface area contributed by atoms with Crippen LogP contribution < -0.4 is 0 Å². The van der Waals surface area contributed by atoms with Gasteiger partial charge in [-0.05, 0) is 41.5 Å². The Bertz CT molecular complexity index is 670. The van der Waals surface area contributed by atoms with Crippen LogP contribution >= 0.6 is 39.1 Å². The van der Waals surface area contributed by atoms with E-state index in [1.807, 2.05) is 24.3 Å². The zero-order chi connectivity index (χ0) is 13.8. The summed E-state index contributed by atoms with van der Waals surface area (Å²) in [6.45, 7) is 0. The topological polar surface area (TPSA) is 23.8 Å². The van der Waals surface area contributed by atoms with Gasteiger partial charge in [0.25, 0.3) is 0 Å². The van der Waals surface area contributed by atoms with Gasteiger partial charge < -0.3 is 0 Å². The van der Waals surface area contributed by atoms with Gasteiger partial charge in [0, 0.05) is 14.5 Å². The van der Waals surface area contributed by atoms with Crippen LogP contribution in [0.25, 0.3) is 11.6 Å². The lowest BCUT2D eigenvalue weighted by Gasteiger charge is -2.02. The fourth-order valence-corrected chi connectivity index (χ4v) is 2.31. The zero-order valence-corrected chi connectivity index (χ0v) is 12.8. The van der Waals surface area contributed by atoms with Crippen molar-refractivity contribution in [1.82, 2.24) is 0 Å². The summed E-state index contributed by atoms with van der Waals surface area (Å²) in [7, 11) is 0. The Morgan fingerprint density at radius 3 is 2.37 bits per heavy atom. The van der Waals surface area contributed by atoms with Crippen LogP contribution in [0.2, 0.25) is 10.0 Å². The molecule has 0 unspecified atom stereocenters. The van der Waals surface area contributed by atoms with Gasteiger partial charge in [-0.3, -0.25) is 0 Å². The van der Waals surface area contributed by atoms with Gasteiger partial charge in [0.2, 0.25) is 0 Å². The van der Waals surface area contributed by atoms with Gasteiger partial charge in [0.1, 0.15) is 0 Å². The highest BCUT2D eigenvalue weighted by Crippen LogP contribution is 2.26. The molecule has 94 valence electrons. The van der Waals surface area contributed by atoms with Crippen LogP contribution in [0.4, 0.5) is 0 Å².